The fourth-order valence-electron chi connectivity index (χ4n) is 1.91. The Hall–Kier alpha value is -2.56. The average Bonchev–Trinajstić information content (AvgIpc) is 2.52. The SMILES string of the molecule is CCN(C)c1cccc(NC(=O)COc2cccc(F)c2)c1. The van der Waals surface area contributed by atoms with E-state index in [1.54, 1.807) is 6.07 Å². The highest BCUT2D eigenvalue weighted by Gasteiger charge is 2.06. The Labute approximate surface area is 129 Å². The lowest BCUT2D eigenvalue weighted by atomic mass is 10.2. The number of halogens is 1. The van der Waals surface area contributed by atoms with E-state index in [4.69, 9.17) is 4.74 Å². The minimum absolute atomic E-state index is 0.169. The Morgan fingerprint density at radius 2 is 2.00 bits per heavy atom. The maximum Gasteiger partial charge on any atom is 0.262 e. The minimum Gasteiger partial charge on any atom is -0.484 e. The molecule has 0 unspecified atom stereocenters. The van der Waals surface area contributed by atoms with Crippen molar-refractivity contribution in [2.75, 3.05) is 30.4 Å². The van der Waals surface area contributed by atoms with Crippen LogP contribution in [0.4, 0.5) is 15.8 Å². The first-order valence-corrected chi connectivity index (χ1v) is 7.08. The predicted octanol–water partition coefficient (Wildman–Crippen LogP) is 3.30. The van der Waals surface area contributed by atoms with Gasteiger partial charge in [0.25, 0.3) is 5.91 Å². The highest BCUT2D eigenvalue weighted by molar-refractivity contribution is 5.92. The third-order valence-corrected chi connectivity index (χ3v) is 3.21. The number of anilines is 2. The van der Waals surface area contributed by atoms with Crippen LogP contribution in [0.2, 0.25) is 0 Å². The molecule has 22 heavy (non-hydrogen) atoms. The third-order valence-electron chi connectivity index (χ3n) is 3.21. The van der Waals surface area contributed by atoms with Gasteiger partial charge >= 0.3 is 0 Å². The maximum absolute atomic E-state index is 13.0. The number of nitrogens with one attached hydrogen (secondary N) is 1. The van der Waals surface area contributed by atoms with Crippen LogP contribution in [0.5, 0.6) is 5.75 Å². The van der Waals surface area contributed by atoms with Gasteiger partial charge in [-0.2, -0.15) is 0 Å². The lowest BCUT2D eigenvalue weighted by molar-refractivity contribution is -0.118. The summed E-state index contributed by atoms with van der Waals surface area (Å²) in [5.41, 5.74) is 1.72. The lowest BCUT2D eigenvalue weighted by Crippen LogP contribution is -2.21. The summed E-state index contributed by atoms with van der Waals surface area (Å²) in [4.78, 5) is 13.9. The Bertz CT molecular complexity index is 646. The van der Waals surface area contributed by atoms with E-state index in [-0.39, 0.29) is 12.5 Å². The van der Waals surface area contributed by atoms with Crippen LogP contribution in [0, 0.1) is 5.82 Å². The largest absolute Gasteiger partial charge is 0.484 e. The van der Waals surface area contributed by atoms with Crippen molar-refractivity contribution in [1.29, 1.82) is 0 Å². The molecule has 0 spiro atoms. The van der Waals surface area contributed by atoms with Crippen LogP contribution in [-0.2, 0) is 4.79 Å². The molecule has 0 aliphatic carbocycles. The molecule has 1 N–H and O–H groups in total. The van der Waals surface area contributed by atoms with Gasteiger partial charge in [-0.3, -0.25) is 4.79 Å². The second-order valence-electron chi connectivity index (χ2n) is 4.86. The van der Waals surface area contributed by atoms with Gasteiger partial charge in [0, 0.05) is 31.0 Å². The second kappa shape index (κ2) is 7.45. The Morgan fingerprint density at radius 3 is 2.73 bits per heavy atom. The number of benzene rings is 2. The van der Waals surface area contributed by atoms with E-state index in [2.05, 4.69) is 17.1 Å². The van der Waals surface area contributed by atoms with Crippen molar-refractivity contribution in [3.63, 3.8) is 0 Å². The normalized spacial score (nSPS) is 10.1. The van der Waals surface area contributed by atoms with Crippen molar-refractivity contribution in [2.24, 2.45) is 0 Å². The first-order chi connectivity index (χ1) is 10.6. The highest BCUT2D eigenvalue weighted by Crippen LogP contribution is 2.18. The topological polar surface area (TPSA) is 41.6 Å². The van der Waals surface area contributed by atoms with Crippen LogP contribution >= 0.6 is 0 Å². The number of hydrogen-bond donors (Lipinski definition) is 1. The quantitative estimate of drug-likeness (QED) is 0.890. The number of ether oxygens (including phenoxy) is 1. The molecule has 2 aromatic carbocycles. The molecular formula is C17H19FN2O2. The molecule has 0 atom stereocenters. The van der Waals surface area contributed by atoms with Crippen molar-refractivity contribution in [1.82, 2.24) is 0 Å². The van der Waals surface area contributed by atoms with Crippen molar-refractivity contribution in [2.45, 2.75) is 6.92 Å². The van der Waals surface area contributed by atoms with E-state index >= 15 is 0 Å². The summed E-state index contributed by atoms with van der Waals surface area (Å²) in [6.07, 6.45) is 0. The molecule has 5 heteroatoms. The molecule has 0 bridgehead atoms. The van der Waals surface area contributed by atoms with Crippen molar-refractivity contribution < 1.29 is 13.9 Å². The van der Waals surface area contributed by atoms with Gasteiger partial charge in [-0.25, -0.2) is 4.39 Å². The number of nitrogens with zero attached hydrogens (tertiary/aromatic N) is 1. The van der Waals surface area contributed by atoms with E-state index in [0.29, 0.717) is 11.4 Å². The van der Waals surface area contributed by atoms with E-state index in [0.717, 1.165) is 12.2 Å². The smallest absolute Gasteiger partial charge is 0.262 e. The summed E-state index contributed by atoms with van der Waals surface area (Å²) in [5, 5.41) is 2.76. The average molecular weight is 302 g/mol. The van der Waals surface area contributed by atoms with Gasteiger partial charge in [0.05, 0.1) is 0 Å². The minimum atomic E-state index is -0.395. The van der Waals surface area contributed by atoms with Crippen LogP contribution in [0.1, 0.15) is 6.92 Å². The Kier molecular flexibility index (Phi) is 5.36. The van der Waals surface area contributed by atoms with Crippen molar-refractivity contribution >= 4 is 17.3 Å². The summed E-state index contributed by atoms with van der Waals surface area (Å²) in [6, 6.07) is 13.3. The molecule has 0 aromatic heterocycles. The van der Waals surface area contributed by atoms with E-state index < -0.39 is 5.82 Å². The standard InChI is InChI=1S/C17H19FN2O2/c1-3-20(2)15-8-5-7-14(11-15)19-17(21)12-22-16-9-4-6-13(18)10-16/h4-11H,3,12H2,1-2H3,(H,19,21). The summed E-state index contributed by atoms with van der Waals surface area (Å²) in [6.45, 7) is 2.76. The number of carbonyl (C=O) groups excluding carboxylic acids is 1. The predicted molar refractivity (Wildman–Crippen MR) is 85.9 cm³/mol. The third kappa shape index (κ3) is 4.48. The highest BCUT2D eigenvalue weighted by atomic mass is 19.1. The molecule has 2 rings (SSSR count). The van der Waals surface area contributed by atoms with Gasteiger partial charge < -0.3 is 15.0 Å². The molecule has 0 saturated carbocycles. The summed E-state index contributed by atoms with van der Waals surface area (Å²) in [5.74, 6) is -0.358. The zero-order chi connectivity index (χ0) is 15.9. The van der Waals surface area contributed by atoms with Crippen LogP contribution in [-0.4, -0.2) is 26.1 Å². The van der Waals surface area contributed by atoms with Crippen LogP contribution in [0.25, 0.3) is 0 Å². The van der Waals surface area contributed by atoms with Gasteiger partial charge in [-0.15, -0.1) is 0 Å². The number of hydrogen-bond acceptors (Lipinski definition) is 3. The van der Waals surface area contributed by atoms with Gasteiger partial charge in [-0.05, 0) is 37.3 Å². The molecule has 0 saturated heterocycles. The zero-order valence-corrected chi connectivity index (χ0v) is 12.7. The number of carbonyl (C=O) groups is 1. The van der Waals surface area contributed by atoms with Gasteiger partial charge in [0.15, 0.2) is 6.61 Å². The molecule has 0 aliphatic heterocycles. The fraction of sp³-hybridized carbons (Fsp3) is 0.235. The monoisotopic (exact) mass is 302 g/mol. The van der Waals surface area contributed by atoms with Gasteiger partial charge in [0.2, 0.25) is 0 Å². The molecule has 1 amide bonds. The summed E-state index contributed by atoms with van der Waals surface area (Å²) < 4.78 is 18.3. The molecular weight excluding hydrogens is 283 g/mol. The summed E-state index contributed by atoms with van der Waals surface area (Å²) in [7, 11) is 1.98. The van der Waals surface area contributed by atoms with Crippen molar-refractivity contribution in [3.8, 4) is 5.75 Å². The number of rotatable bonds is 6. The molecule has 0 aliphatic rings. The van der Waals surface area contributed by atoms with E-state index in [1.807, 2.05) is 31.3 Å². The summed E-state index contributed by atoms with van der Waals surface area (Å²) >= 11 is 0. The first-order valence-electron chi connectivity index (χ1n) is 7.08. The van der Waals surface area contributed by atoms with Gasteiger partial charge in [0.1, 0.15) is 11.6 Å². The molecule has 0 fully saturated rings. The lowest BCUT2D eigenvalue weighted by Gasteiger charge is -2.17. The first kappa shape index (κ1) is 15.8. The Balaban J connectivity index is 1.92. The maximum atomic E-state index is 13.0. The molecule has 116 valence electrons. The molecule has 0 radical (unpaired) electrons. The van der Waals surface area contributed by atoms with Gasteiger partial charge in [-0.1, -0.05) is 12.1 Å². The zero-order valence-electron chi connectivity index (χ0n) is 12.7. The fourth-order valence-corrected chi connectivity index (χ4v) is 1.91. The van der Waals surface area contributed by atoms with Crippen LogP contribution in [0.3, 0.4) is 0 Å². The van der Waals surface area contributed by atoms with E-state index in [1.165, 1.54) is 18.2 Å². The van der Waals surface area contributed by atoms with Crippen LogP contribution in [0.15, 0.2) is 48.5 Å². The second-order valence-corrected chi connectivity index (χ2v) is 4.86. The van der Waals surface area contributed by atoms with Crippen LogP contribution < -0.4 is 15.0 Å². The molecule has 4 nitrogen and oxygen atoms in total. The van der Waals surface area contributed by atoms with Crippen molar-refractivity contribution in [3.05, 3.63) is 54.3 Å². The Morgan fingerprint density at radius 1 is 1.23 bits per heavy atom. The number of amides is 1. The molecule has 0 heterocycles. The van der Waals surface area contributed by atoms with E-state index in [9.17, 15) is 9.18 Å². The molecule has 2 aromatic rings.